The van der Waals surface area contributed by atoms with E-state index in [0.717, 1.165) is 28.3 Å². The number of guanidine groups is 1. The molecule has 28 heavy (non-hydrogen) atoms. The molecule has 0 bridgehead atoms. The molecule has 0 saturated carbocycles. The van der Waals surface area contributed by atoms with Gasteiger partial charge in [-0.15, -0.1) is 0 Å². The number of halogens is 1. The van der Waals surface area contributed by atoms with Gasteiger partial charge in [-0.3, -0.25) is 4.99 Å². The molecule has 0 aliphatic heterocycles. The van der Waals surface area contributed by atoms with Gasteiger partial charge in [-0.25, -0.2) is 14.1 Å². The van der Waals surface area contributed by atoms with Crippen LogP contribution in [0.2, 0.25) is 0 Å². The normalized spacial score (nSPS) is 11.5. The minimum absolute atomic E-state index is 0.198. The van der Waals surface area contributed by atoms with E-state index in [1.54, 1.807) is 20.0 Å². The van der Waals surface area contributed by atoms with Crippen LogP contribution in [0.15, 0.2) is 47.6 Å². The van der Waals surface area contributed by atoms with Crippen molar-refractivity contribution in [1.29, 1.82) is 0 Å². The highest BCUT2D eigenvalue weighted by Gasteiger charge is 2.06. The van der Waals surface area contributed by atoms with Crippen molar-refractivity contribution < 1.29 is 4.39 Å². The summed E-state index contributed by atoms with van der Waals surface area (Å²) in [6.07, 6.45) is 1.82. The zero-order valence-corrected chi connectivity index (χ0v) is 16.6. The summed E-state index contributed by atoms with van der Waals surface area (Å²) in [7, 11) is 1.70. The van der Waals surface area contributed by atoms with Crippen LogP contribution in [-0.4, -0.2) is 27.8 Å². The van der Waals surface area contributed by atoms with E-state index in [1.165, 1.54) is 6.07 Å². The molecule has 0 spiro atoms. The molecule has 0 fully saturated rings. The number of nitrogens with one attached hydrogen (secondary N) is 2. The number of rotatable bonds is 5. The summed E-state index contributed by atoms with van der Waals surface area (Å²) >= 11 is 0. The molecule has 0 amide bonds. The van der Waals surface area contributed by atoms with Gasteiger partial charge in [0, 0.05) is 32.0 Å². The van der Waals surface area contributed by atoms with Gasteiger partial charge in [0.25, 0.3) is 0 Å². The molecular weight excluding hydrogens is 355 g/mol. The Morgan fingerprint density at radius 2 is 1.75 bits per heavy atom. The second-order valence-corrected chi connectivity index (χ2v) is 6.73. The molecule has 0 radical (unpaired) electrons. The summed E-state index contributed by atoms with van der Waals surface area (Å²) in [6, 6.07) is 11.2. The highest BCUT2D eigenvalue weighted by Crippen LogP contribution is 2.11. The van der Waals surface area contributed by atoms with Crippen LogP contribution in [-0.2, 0) is 13.1 Å². The lowest BCUT2D eigenvalue weighted by Crippen LogP contribution is -2.36. The second-order valence-electron chi connectivity index (χ2n) is 6.73. The largest absolute Gasteiger partial charge is 0.352 e. The maximum absolute atomic E-state index is 13.6. The Bertz CT molecular complexity index is 975. The van der Waals surface area contributed by atoms with E-state index in [0.29, 0.717) is 24.6 Å². The highest BCUT2D eigenvalue weighted by atomic mass is 19.1. The highest BCUT2D eigenvalue weighted by molar-refractivity contribution is 5.79. The lowest BCUT2D eigenvalue weighted by molar-refractivity contribution is 0.615. The Labute approximate surface area is 164 Å². The molecule has 3 aromatic rings. The second kappa shape index (κ2) is 8.65. The molecule has 0 atom stereocenters. The summed E-state index contributed by atoms with van der Waals surface area (Å²) < 4.78 is 15.5. The number of aryl methyl sites for hydroxylation is 3. The molecule has 2 aromatic heterocycles. The van der Waals surface area contributed by atoms with Crippen LogP contribution in [0.5, 0.6) is 0 Å². The van der Waals surface area contributed by atoms with Crippen LogP contribution in [0.3, 0.4) is 0 Å². The number of aromatic nitrogens is 3. The van der Waals surface area contributed by atoms with Crippen molar-refractivity contribution in [1.82, 2.24) is 25.4 Å². The predicted molar refractivity (Wildman–Crippen MR) is 109 cm³/mol. The van der Waals surface area contributed by atoms with Gasteiger partial charge in [0.1, 0.15) is 5.82 Å². The standard InChI is InChI=1S/C21H25FN6/c1-14-5-6-17(10-19(14)22)11-25-21(23-4)26-13-18-7-8-20(24-12-18)28-16(3)9-15(2)27-28/h5-10,12H,11,13H2,1-4H3,(H2,23,25,26). The fraction of sp³-hybridized carbons (Fsp3) is 0.286. The van der Waals surface area contributed by atoms with Gasteiger partial charge >= 0.3 is 0 Å². The van der Waals surface area contributed by atoms with Gasteiger partial charge in [-0.2, -0.15) is 5.10 Å². The molecule has 2 heterocycles. The van der Waals surface area contributed by atoms with E-state index >= 15 is 0 Å². The van der Waals surface area contributed by atoms with Gasteiger partial charge in [0.15, 0.2) is 11.8 Å². The third-order valence-corrected chi connectivity index (χ3v) is 4.42. The Morgan fingerprint density at radius 1 is 1.04 bits per heavy atom. The van der Waals surface area contributed by atoms with E-state index in [4.69, 9.17) is 0 Å². The van der Waals surface area contributed by atoms with Crippen molar-refractivity contribution in [3.63, 3.8) is 0 Å². The maximum Gasteiger partial charge on any atom is 0.191 e. The zero-order chi connectivity index (χ0) is 20.1. The fourth-order valence-corrected chi connectivity index (χ4v) is 2.85. The van der Waals surface area contributed by atoms with Crippen molar-refractivity contribution in [2.45, 2.75) is 33.9 Å². The van der Waals surface area contributed by atoms with Crippen LogP contribution in [0.1, 0.15) is 28.1 Å². The van der Waals surface area contributed by atoms with Crippen molar-refractivity contribution >= 4 is 5.96 Å². The average Bonchev–Trinajstić information content (AvgIpc) is 3.03. The molecule has 0 unspecified atom stereocenters. The quantitative estimate of drug-likeness (QED) is 0.527. The Hall–Kier alpha value is -3.22. The summed E-state index contributed by atoms with van der Waals surface area (Å²) in [6.45, 7) is 6.79. The number of nitrogens with zero attached hydrogens (tertiary/aromatic N) is 4. The molecule has 2 N–H and O–H groups in total. The number of pyridine rings is 1. The zero-order valence-electron chi connectivity index (χ0n) is 16.6. The van der Waals surface area contributed by atoms with Gasteiger partial charge in [-0.1, -0.05) is 18.2 Å². The minimum Gasteiger partial charge on any atom is -0.352 e. The lowest BCUT2D eigenvalue weighted by atomic mass is 10.1. The van der Waals surface area contributed by atoms with Crippen molar-refractivity contribution in [2.75, 3.05) is 7.05 Å². The molecule has 146 valence electrons. The summed E-state index contributed by atoms with van der Waals surface area (Å²) in [5, 5.41) is 10.9. The first kappa shape index (κ1) is 19.5. The van der Waals surface area contributed by atoms with Crippen LogP contribution >= 0.6 is 0 Å². The molecular formula is C21H25FN6. The Kier molecular flexibility index (Phi) is 6.03. The van der Waals surface area contributed by atoms with E-state index < -0.39 is 0 Å². The molecule has 0 aliphatic carbocycles. The van der Waals surface area contributed by atoms with E-state index in [1.807, 2.05) is 49.0 Å². The predicted octanol–water partition coefficient (Wildman–Crippen LogP) is 3.20. The first-order valence-corrected chi connectivity index (χ1v) is 9.14. The van der Waals surface area contributed by atoms with Gasteiger partial charge in [-0.05, 0) is 55.7 Å². The number of benzene rings is 1. The van der Waals surface area contributed by atoms with E-state index in [2.05, 4.69) is 25.7 Å². The third kappa shape index (κ3) is 4.73. The Balaban J connectivity index is 1.56. The SMILES string of the molecule is CN=C(NCc1ccc(-n2nc(C)cc2C)nc1)NCc1ccc(C)c(F)c1. The van der Waals surface area contributed by atoms with Crippen molar-refractivity contribution in [3.8, 4) is 5.82 Å². The topological polar surface area (TPSA) is 67.1 Å². The van der Waals surface area contributed by atoms with Gasteiger partial charge < -0.3 is 10.6 Å². The van der Waals surface area contributed by atoms with E-state index in [-0.39, 0.29) is 5.82 Å². The van der Waals surface area contributed by atoms with Crippen LogP contribution in [0.25, 0.3) is 5.82 Å². The fourth-order valence-electron chi connectivity index (χ4n) is 2.85. The maximum atomic E-state index is 13.6. The van der Waals surface area contributed by atoms with Gasteiger partial charge in [0.05, 0.1) is 5.69 Å². The minimum atomic E-state index is -0.198. The molecule has 1 aromatic carbocycles. The lowest BCUT2D eigenvalue weighted by Gasteiger charge is -2.12. The summed E-state index contributed by atoms with van der Waals surface area (Å²) in [5.74, 6) is 1.23. The van der Waals surface area contributed by atoms with Crippen LogP contribution < -0.4 is 10.6 Å². The van der Waals surface area contributed by atoms with Gasteiger partial charge in [0.2, 0.25) is 0 Å². The van der Waals surface area contributed by atoms with Crippen LogP contribution in [0, 0.1) is 26.6 Å². The molecule has 7 heteroatoms. The van der Waals surface area contributed by atoms with Crippen molar-refractivity contribution in [2.24, 2.45) is 4.99 Å². The molecule has 0 saturated heterocycles. The summed E-state index contributed by atoms with van der Waals surface area (Å²) in [5.41, 5.74) is 4.54. The number of hydrogen-bond acceptors (Lipinski definition) is 3. The monoisotopic (exact) mass is 380 g/mol. The molecule has 6 nitrogen and oxygen atoms in total. The third-order valence-electron chi connectivity index (χ3n) is 4.42. The number of hydrogen-bond donors (Lipinski definition) is 2. The summed E-state index contributed by atoms with van der Waals surface area (Å²) in [4.78, 5) is 8.70. The average molecular weight is 380 g/mol. The number of aliphatic imine (C=N–C) groups is 1. The Morgan fingerprint density at radius 3 is 2.32 bits per heavy atom. The smallest absolute Gasteiger partial charge is 0.191 e. The van der Waals surface area contributed by atoms with E-state index in [9.17, 15) is 4.39 Å². The molecule has 0 aliphatic rings. The van der Waals surface area contributed by atoms with Crippen molar-refractivity contribution in [3.05, 3.63) is 76.5 Å². The van der Waals surface area contributed by atoms with Crippen LogP contribution in [0.4, 0.5) is 4.39 Å². The molecule has 3 rings (SSSR count). The first-order chi connectivity index (χ1) is 13.5. The first-order valence-electron chi connectivity index (χ1n) is 9.14.